The van der Waals surface area contributed by atoms with E-state index in [1.807, 2.05) is 6.07 Å². The van der Waals surface area contributed by atoms with Crippen LogP contribution in [0.4, 0.5) is 17.1 Å². The summed E-state index contributed by atoms with van der Waals surface area (Å²) in [5.74, 6) is 0. The molecule has 3 aromatic heterocycles. The van der Waals surface area contributed by atoms with Gasteiger partial charge in [0.25, 0.3) is 0 Å². The molecule has 0 saturated heterocycles. The molecule has 0 bridgehead atoms. The van der Waals surface area contributed by atoms with Crippen LogP contribution in [0.25, 0.3) is 93.3 Å². The van der Waals surface area contributed by atoms with E-state index in [0.29, 0.717) is 0 Å². The number of nitrogens with zero attached hydrogens (tertiary/aromatic N) is 2. The topological polar surface area (TPSA) is 34.5 Å². The van der Waals surface area contributed by atoms with Crippen molar-refractivity contribution in [3.63, 3.8) is 0 Å². The highest BCUT2D eigenvalue weighted by molar-refractivity contribution is 6.19. The van der Waals surface area contributed by atoms with E-state index in [4.69, 9.17) is 8.83 Å². The van der Waals surface area contributed by atoms with Gasteiger partial charge in [0.15, 0.2) is 5.58 Å². The zero-order valence-electron chi connectivity index (χ0n) is 30.2. The van der Waals surface area contributed by atoms with E-state index in [-0.39, 0.29) is 0 Å². The van der Waals surface area contributed by atoms with E-state index < -0.39 is 0 Å². The number of anilines is 3. The van der Waals surface area contributed by atoms with Crippen molar-refractivity contribution in [3.8, 4) is 16.8 Å². The summed E-state index contributed by atoms with van der Waals surface area (Å²) >= 11 is 0. The standard InChI is InChI=1S/C52H32N2O2/c1-2-17-37-33(14-1)30-31-42-50-36(21-13-29-49(50)56-51(37)42)34-15-11-16-35(32-34)53(47-27-12-22-41-40-20-5-10-28-48(40)55-52(41)47)45-25-8-9-26-46(45)54-43-23-6-3-18-38(43)39-19-4-7-24-44(39)54/h1-32H. The maximum Gasteiger partial charge on any atom is 0.159 e. The number of furan rings is 2. The predicted octanol–water partition coefficient (Wildman–Crippen LogP) is 14.9. The van der Waals surface area contributed by atoms with Crippen LogP contribution in [0.3, 0.4) is 0 Å². The van der Waals surface area contributed by atoms with Crippen molar-refractivity contribution in [1.29, 1.82) is 0 Å². The zero-order valence-corrected chi connectivity index (χ0v) is 30.2. The lowest BCUT2D eigenvalue weighted by atomic mass is 9.97. The van der Waals surface area contributed by atoms with Gasteiger partial charge in [-0.15, -0.1) is 0 Å². The monoisotopic (exact) mass is 716 g/mol. The molecule has 12 aromatic rings. The minimum Gasteiger partial charge on any atom is -0.455 e. The fourth-order valence-electron chi connectivity index (χ4n) is 8.95. The van der Waals surface area contributed by atoms with E-state index in [0.717, 1.165) is 94.2 Å². The van der Waals surface area contributed by atoms with Gasteiger partial charge in [-0.25, -0.2) is 0 Å². The molecular weight excluding hydrogens is 685 g/mol. The number of hydrogen-bond donors (Lipinski definition) is 0. The lowest BCUT2D eigenvalue weighted by molar-refractivity contribution is 0.669. The summed E-state index contributed by atoms with van der Waals surface area (Å²) in [6.45, 7) is 0. The Morgan fingerprint density at radius 2 is 1.02 bits per heavy atom. The number of benzene rings is 9. The van der Waals surface area contributed by atoms with Gasteiger partial charge in [0.1, 0.15) is 16.7 Å². The van der Waals surface area contributed by atoms with Crippen molar-refractivity contribution in [1.82, 2.24) is 4.57 Å². The minimum atomic E-state index is 0.839. The van der Waals surface area contributed by atoms with Gasteiger partial charge in [-0.3, -0.25) is 0 Å². The predicted molar refractivity (Wildman–Crippen MR) is 233 cm³/mol. The average molecular weight is 717 g/mol. The maximum atomic E-state index is 6.76. The first-order valence-electron chi connectivity index (χ1n) is 19.0. The third-order valence-corrected chi connectivity index (χ3v) is 11.4. The highest BCUT2D eigenvalue weighted by Gasteiger charge is 2.24. The molecule has 0 radical (unpaired) electrons. The molecule has 0 aliphatic heterocycles. The maximum absolute atomic E-state index is 6.76. The summed E-state index contributed by atoms with van der Waals surface area (Å²) in [7, 11) is 0. The first-order chi connectivity index (χ1) is 27.8. The summed E-state index contributed by atoms with van der Waals surface area (Å²) in [6, 6.07) is 69.0. The largest absolute Gasteiger partial charge is 0.455 e. The van der Waals surface area contributed by atoms with Crippen LogP contribution >= 0.6 is 0 Å². The second-order valence-corrected chi connectivity index (χ2v) is 14.4. The molecule has 0 amide bonds. The third-order valence-electron chi connectivity index (χ3n) is 11.4. The van der Waals surface area contributed by atoms with Crippen LogP contribution in [-0.2, 0) is 0 Å². The second kappa shape index (κ2) is 12.0. The van der Waals surface area contributed by atoms with Gasteiger partial charge in [-0.05, 0) is 77.2 Å². The molecular formula is C52H32N2O2. The van der Waals surface area contributed by atoms with Crippen LogP contribution in [0.1, 0.15) is 0 Å². The smallest absolute Gasteiger partial charge is 0.159 e. The number of aromatic nitrogens is 1. The number of para-hydroxylation sites is 6. The molecule has 0 saturated carbocycles. The molecule has 4 heteroatoms. The molecule has 0 unspecified atom stereocenters. The Bertz CT molecular complexity index is 3460. The molecule has 262 valence electrons. The Hall–Kier alpha value is -7.56. The molecule has 9 aromatic carbocycles. The van der Waals surface area contributed by atoms with Crippen LogP contribution in [0.5, 0.6) is 0 Å². The Kier molecular flexibility index (Phi) is 6.60. The van der Waals surface area contributed by atoms with Gasteiger partial charge in [-0.1, -0.05) is 133 Å². The summed E-state index contributed by atoms with van der Waals surface area (Å²) in [4.78, 5) is 2.37. The number of hydrogen-bond acceptors (Lipinski definition) is 3. The normalized spacial score (nSPS) is 11.9. The highest BCUT2D eigenvalue weighted by Crippen LogP contribution is 2.47. The molecule has 3 heterocycles. The molecule has 0 aliphatic carbocycles. The van der Waals surface area contributed by atoms with Gasteiger partial charge >= 0.3 is 0 Å². The van der Waals surface area contributed by atoms with Gasteiger partial charge in [0, 0.05) is 43.4 Å². The van der Waals surface area contributed by atoms with Crippen molar-refractivity contribution in [2.45, 2.75) is 0 Å². The Labute approximate surface area is 321 Å². The fourth-order valence-corrected chi connectivity index (χ4v) is 8.95. The number of fused-ring (bicyclic) bond motifs is 11. The van der Waals surface area contributed by atoms with Crippen molar-refractivity contribution < 1.29 is 8.83 Å². The molecule has 0 aliphatic rings. The summed E-state index contributed by atoms with van der Waals surface area (Å²) in [6.07, 6.45) is 0. The molecule has 0 fully saturated rings. The zero-order chi connectivity index (χ0) is 36.7. The lowest BCUT2D eigenvalue weighted by Crippen LogP contribution is -2.13. The number of rotatable bonds is 5. The molecule has 4 nitrogen and oxygen atoms in total. The fraction of sp³-hybridized carbons (Fsp3) is 0. The van der Waals surface area contributed by atoms with Gasteiger partial charge in [-0.2, -0.15) is 0 Å². The molecule has 56 heavy (non-hydrogen) atoms. The van der Waals surface area contributed by atoms with E-state index >= 15 is 0 Å². The first kappa shape index (κ1) is 30.9. The van der Waals surface area contributed by atoms with Crippen LogP contribution in [0.2, 0.25) is 0 Å². The SMILES string of the molecule is c1cc(-c2cccc3oc4c5ccccc5ccc4c23)cc(N(c2ccccc2-n2c3ccccc3c3ccccc32)c2cccc3c2oc2ccccc23)c1. The molecule has 0 atom stereocenters. The van der Waals surface area contributed by atoms with Crippen LogP contribution in [0, 0.1) is 0 Å². The van der Waals surface area contributed by atoms with Crippen LogP contribution in [0.15, 0.2) is 203 Å². The molecule has 12 rings (SSSR count). The van der Waals surface area contributed by atoms with Crippen molar-refractivity contribution in [3.05, 3.63) is 194 Å². The Morgan fingerprint density at radius 1 is 0.393 bits per heavy atom. The highest BCUT2D eigenvalue weighted by atomic mass is 16.3. The van der Waals surface area contributed by atoms with Crippen molar-refractivity contribution in [2.75, 3.05) is 4.90 Å². The minimum absolute atomic E-state index is 0.839. The first-order valence-corrected chi connectivity index (χ1v) is 19.0. The Balaban J connectivity index is 1.14. The lowest BCUT2D eigenvalue weighted by Gasteiger charge is -2.28. The quantitative estimate of drug-likeness (QED) is 0.178. The summed E-state index contributed by atoms with van der Waals surface area (Å²) < 4.78 is 15.8. The summed E-state index contributed by atoms with van der Waals surface area (Å²) in [5, 5.41) is 9.13. The summed E-state index contributed by atoms with van der Waals surface area (Å²) in [5.41, 5.74) is 12.1. The van der Waals surface area contributed by atoms with Gasteiger partial charge in [0.05, 0.1) is 28.1 Å². The molecule has 0 spiro atoms. The van der Waals surface area contributed by atoms with Crippen LogP contribution < -0.4 is 4.90 Å². The van der Waals surface area contributed by atoms with Crippen molar-refractivity contribution >= 4 is 93.5 Å². The van der Waals surface area contributed by atoms with Crippen LogP contribution in [-0.4, -0.2) is 4.57 Å². The third kappa shape index (κ3) is 4.47. The van der Waals surface area contributed by atoms with E-state index in [1.54, 1.807) is 0 Å². The average Bonchev–Trinajstić information content (AvgIpc) is 3.95. The second-order valence-electron chi connectivity index (χ2n) is 14.4. The molecule has 0 N–H and O–H groups in total. The Morgan fingerprint density at radius 3 is 1.88 bits per heavy atom. The van der Waals surface area contributed by atoms with Gasteiger partial charge < -0.3 is 18.3 Å². The van der Waals surface area contributed by atoms with Crippen molar-refractivity contribution in [2.24, 2.45) is 0 Å². The van der Waals surface area contributed by atoms with Gasteiger partial charge in [0.2, 0.25) is 0 Å². The van der Waals surface area contributed by atoms with E-state index in [1.165, 1.54) is 16.2 Å². The van der Waals surface area contributed by atoms with E-state index in [9.17, 15) is 0 Å². The van der Waals surface area contributed by atoms with E-state index in [2.05, 4.69) is 198 Å².